The number of anilines is 1. The highest BCUT2D eigenvalue weighted by atomic mass is 79.9. The van der Waals surface area contributed by atoms with Crippen molar-refractivity contribution >= 4 is 37.6 Å². The third-order valence-corrected chi connectivity index (χ3v) is 5.18. The van der Waals surface area contributed by atoms with E-state index in [4.69, 9.17) is 9.47 Å². The summed E-state index contributed by atoms with van der Waals surface area (Å²) in [6, 6.07) is 7.79. The zero-order valence-corrected chi connectivity index (χ0v) is 15.8. The summed E-state index contributed by atoms with van der Waals surface area (Å²) >= 11 is 3.25. The first-order valence-corrected chi connectivity index (χ1v) is 9.40. The van der Waals surface area contributed by atoms with Crippen molar-refractivity contribution in [2.45, 2.75) is 11.8 Å². The van der Waals surface area contributed by atoms with Gasteiger partial charge in [0, 0.05) is 0 Å². The molecular formula is C16H15BrFNO5S. The molecule has 0 saturated heterocycles. The highest BCUT2D eigenvalue weighted by Crippen LogP contribution is 2.36. The van der Waals surface area contributed by atoms with Crippen LogP contribution >= 0.6 is 15.9 Å². The lowest BCUT2D eigenvalue weighted by Gasteiger charge is -2.16. The zero-order chi connectivity index (χ0) is 18.6. The van der Waals surface area contributed by atoms with Gasteiger partial charge in [0.15, 0.2) is 0 Å². The van der Waals surface area contributed by atoms with Crippen LogP contribution in [0.4, 0.5) is 10.1 Å². The Kier molecular flexibility index (Phi) is 6.02. The van der Waals surface area contributed by atoms with Crippen LogP contribution in [0.5, 0.6) is 5.75 Å². The van der Waals surface area contributed by atoms with Crippen LogP contribution < -0.4 is 9.46 Å². The highest BCUT2D eigenvalue weighted by molar-refractivity contribution is 9.10. The molecule has 0 spiro atoms. The van der Waals surface area contributed by atoms with Gasteiger partial charge in [0.25, 0.3) is 10.0 Å². The molecule has 1 N–H and O–H groups in total. The molecule has 2 rings (SSSR count). The van der Waals surface area contributed by atoms with Crippen molar-refractivity contribution in [2.24, 2.45) is 0 Å². The summed E-state index contributed by atoms with van der Waals surface area (Å²) < 4.78 is 51.6. The lowest BCUT2D eigenvalue weighted by molar-refractivity contribution is 0.0597. The molecule has 2 aromatic rings. The Bertz CT molecular complexity index is 901. The second kappa shape index (κ2) is 7.83. The number of hydrogen-bond donors (Lipinski definition) is 1. The molecule has 0 fully saturated rings. The number of rotatable bonds is 6. The predicted molar refractivity (Wildman–Crippen MR) is 93.9 cm³/mol. The van der Waals surface area contributed by atoms with Gasteiger partial charge in [0.05, 0.1) is 23.9 Å². The molecule has 0 aromatic heterocycles. The Balaban J connectivity index is 2.58. The van der Waals surface area contributed by atoms with Crippen LogP contribution in [0, 0.1) is 5.82 Å². The maximum Gasteiger partial charge on any atom is 0.343 e. The number of hydrogen-bond acceptors (Lipinski definition) is 5. The maximum absolute atomic E-state index is 13.8. The van der Waals surface area contributed by atoms with E-state index in [0.717, 1.165) is 19.2 Å². The summed E-state index contributed by atoms with van der Waals surface area (Å²) in [7, 11) is -3.10. The Morgan fingerprint density at radius 2 is 1.92 bits per heavy atom. The predicted octanol–water partition coefficient (Wildman–Crippen LogP) is 3.57. The fourth-order valence-corrected chi connectivity index (χ4v) is 3.69. The molecule has 0 aliphatic heterocycles. The molecule has 6 nitrogen and oxygen atoms in total. The summed E-state index contributed by atoms with van der Waals surface area (Å²) in [6.07, 6.45) is 0. The van der Waals surface area contributed by atoms with Crippen molar-refractivity contribution in [1.29, 1.82) is 0 Å². The van der Waals surface area contributed by atoms with E-state index in [1.54, 1.807) is 6.92 Å². The van der Waals surface area contributed by atoms with E-state index in [1.807, 2.05) is 0 Å². The van der Waals surface area contributed by atoms with E-state index in [2.05, 4.69) is 20.7 Å². The molecule has 0 heterocycles. The molecule has 0 aliphatic carbocycles. The lowest BCUT2D eigenvalue weighted by Crippen LogP contribution is -2.18. The molecule has 2 aromatic carbocycles. The number of sulfonamides is 1. The largest absolute Gasteiger partial charge is 0.492 e. The van der Waals surface area contributed by atoms with Crippen LogP contribution in [0.25, 0.3) is 0 Å². The minimum atomic E-state index is -4.26. The Morgan fingerprint density at radius 1 is 1.24 bits per heavy atom. The van der Waals surface area contributed by atoms with E-state index in [-0.39, 0.29) is 23.6 Å². The molecule has 9 heteroatoms. The van der Waals surface area contributed by atoms with E-state index >= 15 is 0 Å². The van der Waals surface area contributed by atoms with Crippen LogP contribution in [0.15, 0.2) is 45.8 Å². The lowest BCUT2D eigenvalue weighted by atomic mass is 10.1. The van der Waals surface area contributed by atoms with Gasteiger partial charge in [-0.1, -0.05) is 12.1 Å². The van der Waals surface area contributed by atoms with Gasteiger partial charge >= 0.3 is 5.97 Å². The number of esters is 1. The van der Waals surface area contributed by atoms with Gasteiger partial charge < -0.3 is 9.47 Å². The Morgan fingerprint density at radius 3 is 2.52 bits per heavy atom. The quantitative estimate of drug-likeness (QED) is 0.706. The molecule has 134 valence electrons. The molecule has 0 atom stereocenters. The van der Waals surface area contributed by atoms with Crippen molar-refractivity contribution in [3.05, 3.63) is 52.3 Å². The summed E-state index contributed by atoms with van der Waals surface area (Å²) in [5, 5.41) is 0. The summed E-state index contributed by atoms with van der Waals surface area (Å²) in [4.78, 5) is 11.6. The molecule has 0 saturated carbocycles. The summed E-state index contributed by atoms with van der Waals surface area (Å²) in [6.45, 7) is 1.95. The van der Waals surface area contributed by atoms with Crippen molar-refractivity contribution in [3.63, 3.8) is 0 Å². The van der Waals surface area contributed by atoms with Crippen molar-refractivity contribution in [1.82, 2.24) is 0 Å². The fourth-order valence-electron chi connectivity index (χ4n) is 2.09. The second-order valence-electron chi connectivity index (χ2n) is 4.76. The van der Waals surface area contributed by atoms with Crippen molar-refractivity contribution in [3.8, 4) is 5.75 Å². The van der Waals surface area contributed by atoms with Gasteiger partial charge in [-0.15, -0.1) is 0 Å². The normalized spacial score (nSPS) is 11.0. The Labute approximate surface area is 153 Å². The number of methoxy groups -OCH3 is 1. The first-order chi connectivity index (χ1) is 11.8. The average molecular weight is 432 g/mol. The number of ether oxygens (including phenoxy) is 2. The van der Waals surface area contributed by atoms with Crippen LogP contribution in [0.2, 0.25) is 0 Å². The van der Waals surface area contributed by atoms with Crippen molar-refractivity contribution < 1.29 is 27.1 Å². The standard InChI is InChI=1S/C16H15BrFNO5S/c1-3-24-15-10(17)8-9-12(14(15)16(20)23-2)19-25(21,22)13-7-5-4-6-11(13)18/h4-9,19H,3H2,1-2H3. The summed E-state index contributed by atoms with van der Waals surface area (Å²) in [5.41, 5.74) is -0.194. The van der Waals surface area contributed by atoms with Gasteiger partial charge in [-0.2, -0.15) is 0 Å². The molecule has 0 radical (unpaired) electrons. The molecule has 0 aliphatic rings. The van der Waals surface area contributed by atoms with Gasteiger partial charge in [-0.05, 0) is 47.1 Å². The monoisotopic (exact) mass is 431 g/mol. The molecular weight excluding hydrogens is 417 g/mol. The van der Waals surface area contributed by atoms with E-state index < -0.39 is 26.7 Å². The SMILES string of the molecule is CCOc1c(Br)ccc(NS(=O)(=O)c2ccccc2F)c1C(=O)OC. The minimum absolute atomic E-state index is 0.0817. The summed E-state index contributed by atoms with van der Waals surface area (Å²) in [5.74, 6) is -1.57. The molecule has 0 bridgehead atoms. The number of halogens is 2. The van der Waals surface area contributed by atoms with Gasteiger partial charge in [-0.3, -0.25) is 4.72 Å². The topological polar surface area (TPSA) is 81.7 Å². The first-order valence-electron chi connectivity index (χ1n) is 7.12. The maximum atomic E-state index is 13.8. The van der Waals surface area contributed by atoms with Crippen LogP contribution in [0.3, 0.4) is 0 Å². The first kappa shape index (κ1) is 19.2. The highest BCUT2D eigenvalue weighted by Gasteiger charge is 2.26. The number of benzene rings is 2. The molecule has 0 amide bonds. The second-order valence-corrected chi connectivity index (χ2v) is 7.26. The van der Waals surface area contributed by atoms with Crippen molar-refractivity contribution in [2.75, 3.05) is 18.4 Å². The number of carbonyl (C=O) groups is 1. The number of nitrogens with one attached hydrogen (secondary N) is 1. The van der Waals surface area contributed by atoms with Gasteiger partial charge in [-0.25, -0.2) is 17.6 Å². The van der Waals surface area contributed by atoms with Gasteiger partial charge in [0.2, 0.25) is 0 Å². The van der Waals surface area contributed by atoms with E-state index in [0.29, 0.717) is 4.47 Å². The molecule has 25 heavy (non-hydrogen) atoms. The minimum Gasteiger partial charge on any atom is -0.492 e. The van der Waals surface area contributed by atoms with Gasteiger partial charge in [0.1, 0.15) is 22.0 Å². The van der Waals surface area contributed by atoms with E-state index in [9.17, 15) is 17.6 Å². The van der Waals surface area contributed by atoms with Crippen LogP contribution in [-0.2, 0) is 14.8 Å². The zero-order valence-electron chi connectivity index (χ0n) is 13.4. The Hall–Kier alpha value is -2.13. The van der Waals surface area contributed by atoms with E-state index in [1.165, 1.54) is 24.3 Å². The van der Waals surface area contributed by atoms with Crippen LogP contribution in [0.1, 0.15) is 17.3 Å². The smallest absolute Gasteiger partial charge is 0.343 e. The third kappa shape index (κ3) is 4.10. The van der Waals surface area contributed by atoms with Crippen LogP contribution in [-0.4, -0.2) is 28.1 Å². The fraction of sp³-hybridized carbons (Fsp3) is 0.188. The molecule has 0 unspecified atom stereocenters. The third-order valence-electron chi connectivity index (χ3n) is 3.16. The number of carbonyl (C=O) groups excluding carboxylic acids is 1. The average Bonchev–Trinajstić information content (AvgIpc) is 2.57.